The maximum atomic E-state index is 8.42. The van der Waals surface area contributed by atoms with Gasteiger partial charge in [-0.15, -0.1) is 0 Å². The standard InChI is InChI=1S/C13H17N3O/c14-6-1-2-7-17-13-5-3-4-11(8-13)16-12-9-15-10-12/h3-5,8,12,15-16H,1-2,7,9-10H2. The first-order valence-corrected chi connectivity index (χ1v) is 5.95. The van der Waals surface area contributed by atoms with Crippen molar-refractivity contribution in [3.8, 4) is 11.8 Å². The molecule has 2 rings (SSSR count). The first-order chi connectivity index (χ1) is 8.38. The highest BCUT2D eigenvalue weighted by Crippen LogP contribution is 2.18. The monoisotopic (exact) mass is 231 g/mol. The van der Waals surface area contributed by atoms with Gasteiger partial charge in [0, 0.05) is 31.3 Å². The van der Waals surface area contributed by atoms with Gasteiger partial charge in [0.15, 0.2) is 0 Å². The molecule has 90 valence electrons. The second-order valence-electron chi connectivity index (χ2n) is 4.14. The van der Waals surface area contributed by atoms with E-state index in [4.69, 9.17) is 10.00 Å². The van der Waals surface area contributed by atoms with E-state index >= 15 is 0 Å². The Balaban J connectivity index is 1.81. The summed E-state index contributed by atoms with van der Waals surface area (Å²) in [6.07, 6.45) is 1.33. The van der Waals surface area contributed by atoms with E-state index in [-0.39, 0.29) is 0 Å². The number of nitrogens with one attached hydrogen (secondary N) is 2. The molecule has 1 saturated heterocycles. The first-order valence-electron chi connectivity index (χ1n) is 5.95. The highest BCUT2D eigenvalue weighted by molar-refractivity contribution is 5.49. The first kappa shape index (κ1) is 11.7. The van der Waals surface area contributed by atoms with E-state index in [0.717, 1.165) is 30.9 Å². The third kappa shape index (κ3) is 3.65. The minimum absolute atomic E-state index is 0.531. The van der Waals surface area contributed by atoms with Gasteiger partial charge in [0.05, 0.1) is 18.7 Å². The van der Waals surface area contributed by atoms with Gasteiger partial charge >= 0.3 is 0 Å². The Hall–Kier alpha value is -1.73. The highest BCUT2D eigenvalue weighted by atomic mass is 16.5. The molecule has 1 fully saturated rings. The molecule has 0 saturated carbocycles. The highest BCUT2D eigenvalue weighted by Gasteiger charge is 2.15. The van der Waals surface area contributed by atoms with Crippen molar-refractivity contribution in [3.63, 3.8) is 0 Å². The van der Waals surface area contributed by atoms with Crippen molar-refractivity contribution in [3.05, 3.63) is 24.3 Å². The number of benzene rings is 1. The molecule has 0 spiro atoms. The maximum absolute atomic E-state index is 8.42. The summed E-state index contributed by atoms with van der Waals surface area (Å²) in [5, 5.41) is 15.1. The molecule has 1 aliphatic heterocycles. The van der Waals surface area contributed by atoms with Crippen LogP contribution in [-0.4, -0.2) is 25.7 Å². The number of hydrogen-bond donors (Lipinski definition) is 2. The minimum Gasteiger partial charge on any atom is -0.493 e. The molecule has 4 nitrogen and oxygen atoms in total. The van der Waals surface area contributed by atoms with Crippen molar-refractivity contribution in [1.82, 2.24) is 5.32 Å². The zero-order chi connectivity index (χ0) is 11.9. The molecule has 0 radical (unpaired) electrons. The second kappa shape index (κ2) is 6.12. The van der Waals surface area contributed by atoms with E-state index in [2.05, 4.69) is 16.7 Å². The third-order valence-electron chi connectivity index (χ3n) is 2.69. The molecule has 1 heterocycles. The van der Waals surface area contributed by atoms with Crippen molar-refractivity contribution in [1.29, 1.82) is 5.26 Å². The van der Waals surface area contributed by atoms with Crippen LogP contribution in [0.4, 0.5) is 5.69 Å². The van der Waals surface area contributed by atoms with Crippen LogP contribution in [0.2, 0.25) is 0 Å². The van der Waals surface area contributed by atoms with Gasteiger partial charge in [-0.1, -0.05) is 6.07 Å². The minimum atomic E-state index is 0.531. The summed E-state index contributed by atoms with van der Waals surface area (Å²) in [7, 11) is 0. The molecule has 0 amide bonds. The molecule has 17 heavy (non-hydrogen) atoms. The summed E-state index contributed by atoms with van der Waals surface area (Å²) in [6.45, 7) is 2.64. The largest absolute Gasteiger partial charge is 0.493 e. The molecule has 1 aliphatic rings. The molecular weight excluding hydrogens is 214 g/mol. The van der Waals surface area contributed by atoms with Gasteiger partial charge in [-0.3, -0.25) is 0 Å². The van der Waals surface area contributed by atoms with Crippen molar-refractivity contribution in [2.24, 2.45) is 0 Å². The Morgan fingerprint density at radius 2 is 2.35 bits per heavy atom. The van der Waals surface area contributed by atoms with Gasteiger partial charge in [-0.2, -0.15) is 5.26 Å². The molecule has 2 N–H and O–H groups in total. The number of ether oxygens (including phenoxy) is 1. The average molecular weight is 231 g/mol. The van der Waals surface area contributed by atoms with E-state index in [1.165, 1.54) is 0 Å². The number of nitrogens with zero attached hydrogens (tertiary/aromatic N) is 1. The normalized spacial score (nSPS) is 14.8. The lowest BCUT2D eigenvalue weighted by Gasteiger charge is -2.29. The van der Waals surface area contributed by atoms with Crippen molar-refractivity contribution < 1.29 is 4.74 Å². The Bertz CT molecular complexity index is 396. The van der Waals surface area contributed by atoms with Gasteiger partial charge in [-0.25, -0.2) is 0 Å². The van der Waals surface area contributed by atoms with Crippen LogP contribution in [0.5, 0.6) is 5.75 Å². The predicted molar refractivity (Wildman–Crippen MR) is 67.1 cm³/mol. The summed E-state index contributed by atoms with van der Waals surface area (Å²) >= 11 is 0. The molecule has 0 aliphatic carbocycles. The Labute approximate surface area is 102 Å². The molecule has 1 aromatic rings. The van der Waals surface area contributed by atoms with Crippen LogP contribution in [0.1, 0.15) is 12.8 Å². The summed E-state index contributed by atoms with van der Waals surface area (Å²) in [4.78, 5) is 0. The Kier molecular flexibility index (Phi) is 4.23. The number of nitriles is 1. The van der Waals surface area contributed by atoms with Gasteiger partial charge < -0.3 is 15.4 Å². The van der Waals surface area contributed by atoms with E-state index in [9.17, 15) is 0 Å². The van der Waals surface area contributed by atoms with Gasteiger partial charge in [0.25, 0.3) is 0 Å². The van der Waals surface area contributed by atoms with Crippen molar-refractivity contribution >= 4 is 5.69 Å². The number of rotatable bonds is 6. The smallest absolute Gasteiger partial charge is 0.121 e. The molecule has 0 aromatic heterocycles. The summed E-state index contributed by atoms with van der Waals surface area (Å²) in [6, 6.07) is 10.6. The molecular formula is C13H17N3O. The van der Waals surface area contributed by atoms with Crippen LogP contribution in [0.25, 0.3) is 0 Å². The lowest BCUT2D eigenvalue weighted by atomic mass is 10.1. The van der Waals surface area contributed by atoms with Crippen LogP contribution in [-0.2, 0) is 0 Å². The van der Waals surface area contributed by atoms with Crippen molar-refractivity contribution in [2.75, 3.05) is 25.0 Å². The summed E-state index contributed by atoms with van der Waals surface area (Å²) in [5.41, 5.74) is 1.09. The zero-order valence-corrected chi connectivity index (χ0v) is 9.78. The number of hydrogen-bond acceptors (Lipinski definition) is 4. The molecule has 1 aromatic carbocycles. The molecule has 4 heteroatoms. The van der Waals surface area contributed by atoms with E-state index in [1.54, 1.807) is 0 Å². The lowest BCUT2D eigenvalue weighted by molar-refractivity contribution is 0.313. The van der Waals surface area contributed by atoms with Gasteiger partial charge in [-0.05, 0) is 18.6 Å². The lowest BCUT2D eigenvalue weighted by Crippen LogP contribution is -2.51. The molecule has 0 atom stereocenters. The fourth-order valence-corrected chi connectivity index (χ4v) is 1.64. The van der Waals surface area contributed by atoms with E-state index in [1.807, 2.05) is 24.3 Å². The fourth-order valence-electron chi connectivity index (χ4n) is 1.64. The maximum Gasteiger partial charge on any atom is 0.121 e. The fraction of sp³-hybridized carbons (Fsp3) is 0.462. The van der Waals surface area contributed by atoms with Crippen LogP contribution < -0.4 is 15.4 Å². The van der Waals surface area contributed by atoms with Crippen LogP contribution >= 0.6 is 0 Å². The molecule has 0 bridgehead atoms. The van der Waals surface area contributed by atoms with Crippen LogP contribution in [0, 0.1) is 11.3 Å². The third-order valence-corrected chi connectivity index (χ3v) is 2.69. The topological polar surface area (TPSA) is 57.1 Å². The SMILES string of the molecule is N#CCCCOc1cccc(NC2CNC2)c1. The Morgan fingerprint density at radius 3 is 3.06 bits per heavy atom. The number of anilines is 1. The van der Waals surface area contributed by atoms with Gasteiger partial charge in [0.2, 0.25) is 0 Å². The van der Waals surface area contributed by atoms with Gasteiger partial charge in [0.1, 0.15) is 5.75 Å². The van der Waals surface area contributed by atoms with E-state index in [0.29, 0.717) is 19.1 Å². The van der Waals surface area contributed by atoms with Crippen LogP contribution in [0.15, 0.2) is 24.3 Å². The van der Waals surface area contributed by atoms with Crippen LogP contribution in [0.3, 0.4) is 0 Å². The Morgan fingerprint density at radius 1 is 1.47 bits per heavy atom. The summed E-state index contributed by atoms with van der Waals surface area (Å²) in [5.74, 6) is 0.861. The average Bonchev–Trinajstić information content (AvgIpc) is 2.30. The summed E-state index contributed by atoms with van der Waals surface area (Å²) < 4.78 is 5.58. The predicted octanol–water partition coefficient (Wildman–Crippen LogP) is 1.75. The quantitative estimate of drug-likeness (QED) is 0.732. The second-order valence-corrected chi connectivity index (χ2v) is 4.14. The molecule has 0 unspecified atom stereocenters. The zero-order valence-electron chi connectivity index (χ0n) is 9.78. The number of unbranched alkanes of at least 4 members (excludes halogenated alkanes) is 1. The van der Waals surface area contributed by atoms with Crippen molar-refractivity contribution in [2.45, 2.75) is 18.9 Å². The van der Waals surface area contributed by atoms with E-state index < -0.39 is 0 Å².